The maximum atomic E-state index is 13.0. The van der Waals surface area contributed by atoms with Crippen molar-refractivity contribution in [2.24, 2.45) is 5.92 Å². The second kappa shape index (κ2) is 9.63. The number of amides is 2. The SMILES string of the molecule is COc1ccc(CC(=O)Nc2cc(C)nn2C2NC(=O)C3CNN(c4ccc(C)c(C)c4)C3N2)cc1. The molecule has 2 aliphatic heterocycles. The zero-order chi connectivity index (χ0) is 25.4. The van der Waals surface area contributed by atoms with Crippen LogP contribution < -0.4 is 31.1 Å². The molecule has 36 heavy (non-hydrogen) atoms. The van der Waals surface area contributed by atoms with E-state index in [1.807, 2.05) is 42.3 Å². The van der Waals surface area contributed by atoms with Gasteiger partial charge in [0.15, 0.2) is 6.29 Å². The lowest BCUT2D eigenvalue weighted by molar-refractivity contribution is -0.129. The molecular weight excluding hydrogens is 458 g/mol. The summed E-state index contributed by atoms with van der Waals surface area (Å²) in [6.07, 6.45) is -0.704. The number of nitrogens with one attached hydrogen (secondary N) is 4. The molecule has 188 valence electrons. The van der Waals surface area contributed by atoms with Gasteiger partial charge in [-0.05, 0) is 61.7 Å². The summed E-state index contributed by atoms with van der Waals surface area (Å²) in [5.41, 5.74) is 8.32. The third-order valence-corrected chi connectivity index (χ3v) is 6.75. The number of carbonyl (C=O) groups excluding carboxylic acids is 2. The van der Waals surface area contributed by atoms with Crippen LogP contribution in [-0.4, -0.2) is 41.4 Å². The van der Waals surface area contributed by atoms with E-state index in [1.165, 1.54) is 11.1 Å². The number of benzene rings is 2. The van der Waals surface area contributed by atoms with E-state index < -0.39 is 6.29 Å². The van der Waals surface area contributed by atoms with Crippen LogP contribution in [0.15, 0.2) is 48.5 Å². The van der Waals surface area contributed by atoms with E-state index in [0.717, 1.165) is 22.7 Å². The van der Waals surface area contributed by atoms with Crippen LogP contribution in [0.25, 0.3) is 0 Å². The van der Waals surface area contributed by atoms with Crippen LogP contribution in [0, 0.1) is 26.7 Å². The van der Waals surface area contributed by atoms with E-state index in [2.05, 4.69) is 52.5 Å². The van der Waals surface area contributed by atoms with Crippen LogP contribution in [0.2, 0.25) is 0 Å². The van der Waals surface area contributed by atoms with Gasteiger partial charge in [0.25, 0.3) is 0 Å². The van der Waals surface area contributed by atoms with E-state index in [-0.39, 0.29) is 30.3 Å². The Morgan fingerprint density at radius 3 is 2.61 bits per heavy atom. The molecule has 0 spiro atoms. The van der Waals surface area contributed by atoms with Gasteiger partial charge in [0.05, 0.1) is 30.8 Å². The lowest BCUT2D eigenvalue weighted by Gasteiger charge is -2.37. The smallest absolute Gasteiger partial charge is 0.230 e. The monoisotopic (exact) mass is 489 g/mol. The van der Waals surface area contributed by atoms with Crippen LogP contribution in [0.3, 0.4) is 0 Å². The summed E-state index contributed by atoms with van der Waals surface area (Å²) >= 11 is 0. The second-order valence-corrected chi connectivity index (χ2v) is 9.32. The number of hydrogen-bond donors (Lipinski definition) is 4. The number of methoxy groups -OCH3 is 1. The number of rotatable bonds is 6. The molecule has 10 nitrogen and oxygen atoms in total. The molecule has 3 heterocycles. The van der Waals surface area contributed by atoms with E-state index in [1.54, 1.807) is 17.9 Å². The van der Waals surface area contributed by atoms with Crippen LogP contribution in [-0.2, 0) is 16.0 Å². The molecule has 2 fully saturated rings. The van der Waals surface area contributed by atoms with Crippen molar-refractivity contribution in [1.82, 2.24) is 25.8 Å². The number of anilines is 2. The van der Waals surface area contributed by atoms with E-state index in [0.29, 0.717) is 12.4 Å². The largest absolute Gasteiger partial charge is 0.497 e. The first-order valence-electron chi connectivity index (χ1n) is 12.0. The molecule has 0 bridgehead atoms. The highest BCUT2D eigenvalue weighted by Crippen LogP contribution is 2.29. The summed E-state index contributed by atoms with van der Waals surface area (Å²) in [7, 11) is 1.61. The molecule has 3 atom stereocenters. The Balaban J connectivity index is 1.34. The van der Waals surface area contributed by atoms with E-state index >= 15 is 0 Å². The number of nitrogens with zero attached hydrogens (tertiary/aromatic N) is 3. The van der Waals surface area contributed by atoms with Crippen molar-refractivity contribution in [3.8, 4) is 5.75 Å². The lowest BCUT2D eigenvalue weighted by atomic mass is 10.0. The Labute approximate surface area is 210 Å². The highest BCUT2D eigenvalue weighted by atomic mass is 16.5. The number of hydrogen-bond acceptors (Lipinski definition) is 7. The fraction of sp³-hybridized carbons (Fsp3) is 0.346. The summed E-state index contributed by atoms with van der Waals surface area (Å²) in [5.74, 6) is 0.715. The number of aryl methyl sites for hydroxylation is 3. The molecule has 2 aromatic carbocycles. The fourth-order valence-corrected chi connectivity index (χ4v) is 4.64. The minimum atomic E-state index is -0.627. The van der Waals surface area contributed by atoms with Gasteiger partial charge in [0.2, 0.25) is 11.8 Å². The number of fused-ring (bicyclic) bond motifs is 1. The van der Waals surface area contributed by atoms with Gasteiger partial charge in [0.1, 0.15) is 17.7 Å². The molecular formula is C26H31N7O3. The number of aromatic nitrogens is 2. The lowest BCUT2D eigenvalue weighted by Crippen LogP contribution is -2.61. The molecule has 2 aliphatic rings. The zero-order valence-corrected chi connectivity index (χ0v) is 20.8. The standard InChI is InChI=1S/C26H31N7O3/c1-15-5-8-19(11-16(15)2)32-24-21(14-27-32)25(35)30-26(29-24)33-22(12-17(3)31-33)28-23(34)13-18-6-9-20(36-4)10-7-18/h5-12,21,24,26-27,29H,13-14H2,1-4H3,(H,28,34)(H,30,35). The molecule has 3 unspecified atom stereocenters. The van der Waals surface area contributed by atoms with Crippen molar-refractivity contribution >= 4 is 23.3 Å². The van der Waals surface area contributed by atoms with Gasteiger partial charge in [-0.2, -0.15) is 5.10 Å². The van der Waals surface area contributed by atoms with Gasteiger partial charge < -0.3 is 15.4 Å². The molecule has 2 saturated heterocycles. The Bertz CT molecular complexity index is 1290. The Morgan fingerprint density at radius 2 is 1.89 bits per heavy atom. The average molecular weight is 490 g/mol. The van der Waals surface area contributed by atoms with Crippen molar-refractivity contribution in [1.29, 1.82) is 0 Å². The summed E-state index contributed by atoms with van der Waals surface area (Å²) in [6.45, 7) is 6.52. The Hall–Kier alpha value is -3.89. The van der Waals surface area contributed by atoms with Crippen LogP contribution in [0.4, 0.5) is 11.5 Å². The van der Waals surface area contributed by atoms with Crippen molar-refractivity contribution < 1.29 is 14.3 Å². The average Bonchev–Trinajstić information content (AvgIpc) is 3.45. The molecule has 1 aromatic heterocycles. The molecule has 4 N–H and O–H groups in total. The van der Waals surface area contributed by atoms with E-state index in [9.17, 15) is 9.59 Å². The third kappa shape index (κ3) is 4.65. The summed E-state index contributed by atoms with van der Waals surface area (Å²) in [4.78, 5) is 25.8. The predicted octanol–water partition coefficient (Wildman–Crippen LogP) is 2.14. The van der Waals surface area contributed by atoms with Gasteiger partial charge in [-0.1, -0.05) is 18.2 Å². The van der Waals surface area contributed by atoms with Gasteiger partial charge in [-0.15, -0.1) is 0 Å². The van der Waals surface area contributed by atoms with Crippen LogP contribution in [0.1, 0.15) is 28.7 Å². The first kappa shape index (κ1) is 23.8. The first-order valence-corrected chi connectivity index (χ1v) is 12.0. The quantitative estimate of drug-likeness (QED) is 0.420. The van der Waals surface area contributed by atoms with Crippen LogP contribution >= 0.6 is 0 Å². The Kier molecular flexibility index (Phi) is 6.38. The molecule has 3 aromatic rings. The fourth-order valence-electron chi connectivity index (χ4n) is 4.64. The summed E-state index contributed by atoms with van der Waals surface area (Å²) < 4.78 is 6.80. The number of carbonyl (C=O) groups is 2. The number of hydrazine groups is 1. The molecule has 10 heteroatoms. The zero-order valence-electron chi connectivity index (χ0n) is 20.8. The molecule has 2 amide bonds. The summed E-state index contributed by atoms with van der Waals surface area (Å²) in [6, 6.07) is 15.4. The highest BCUT2D eigenvalue weighted by molar-refractivity contribution is 5.91. The minimum absolute atomic E-state index is 0.0775. The number of ether oxygens (including phenoxy) is 1. The maximum absolute atomic E-state index is 13.0. The minimum Gasteiger partial charge on any atom is -0.497 e. The van der Waals surface area contributed by atoms with Gasteiger partial charge in [0, 0.05) is 12.6 Å². The molecule has 5 rings (SSSR count). The summed E-state index contributed by atoms with van der Waals surface area (Å²) in [5, 5.41) is 16.0. The van der Waals surface area contributed by atoms with Crippen molar-refractivity contribution in [2.75, 3.05) is 24.0 Å². The van der Waals surface area contributed by atoms with Gasteiger partial charge in [-0.3, -0.25) is 19.9 Å². The van der Waals surface area contributed by atoms with Crippen molar-refractivity contribution in [3.05, 3.63) is 70.9 Å². The van der Waals surface area contributed by atoms with Crippen molar-refractivity contribution in [2.45, 2.75) is 39.6 Å². The van der Waals surface area contributed by atoms with Gasteiger partial charge in [-0.25, -0.2) is 10.1 Å². The molecule has 0 aliphatic carbocycles. The van der Waals surface area contributed by atoms with Gasteiger partial charge >= 0.3 is 0 Å². The van der Waals surface area contributed by atoms with Crippen molar-refractivity contribution in [3.63, 3.8) is 0 Å². The van der Waals surface area contributed by atoms with Crippen LogP contribution in [0.5, 0.6) is 5.75 Å². The Morgan fingerprint density at radius 1 is 1.11 bits per heavy atom. The van der Waals surface area contributed by atoms with E-state index in [4.69, 9.17) is 4.74 Å². The second-order valence-electron chi connectivity index (χ2n) is 9.32. The first-order chi connectivity index (χ1) is 17.3. The molecule has 0 radical (unpaired) electrons. The normalized spacial score (nSPS) is 21.2. The maximum Gasteiger partial charge on any atom is 0.230 e. The third-order valence-electron chi connectivity index (χ3n) is 6.75. The topological polar surface area (TPSA) is 113 Å². The highest BCUT2D eigenvalue weighted by Gasteiger charge is 2.45. The predicted molar refractivity (Wildman–Crippen MR) is 136 cm³/mol. The molecule has 0 saturated carbocycles.